The van der Waals surface area contributed by atoms with E-state index >= 15 is 0 Å². The molecular weight excluding hydrogens is 314 g/mol. The van der Waals surface area contributed by atoms with Crippen molar-refractivity contribution >= 4 is 16.2 Å². The van der Waals surface area contributed by atoms with Crippen molar-refractivity contribution in [3.05, 3.63) is 0 Å². The summed E-state index contributed by atoms with van der Waals surface area (Å²) >= 11 is 0. The van der Waals surface area contributed by atoms with Crippen LogP contribution in [0.5, 0.6) is 0 Å². The van der Waals surface area contributed by atoms with Crippen molar-refractivity contribution in [2.75, 3.05) is 39.2 Å². The second-order valence-corrected chi connectivity index (χ2v) is 7.36. The Morgan fingerprint density at radius 1 is 1.18 bits per heavy atom. The summed E-state index contributed by atoms with van der Waals surface area (Å²) in [6, 6.07) is 0. The molecule has 0 fully saturated rings. The zero-order valence-electron chi connectivity index (χ0n) is 13.9. The number of carbonyl (C=O) groups is 1. The molecule has 0 aromatic heterocycles. The van der Waals surface area contributed by atoms with Gasteiger partial charge in [0.2, 0.25) is 0 Å². The van der Waals surface area contributed by atoms with Gasteiger partial charge in [-0.2, -0.15) is 8.42 Å². The van der Waals surface area contributed by atoms with E-state index in [1.54, 1.807) is 27.7 Å². The van der Waals surface area contributed by atoms with Gasteiger partial charge in [-0.3, -0.25) is 4.18 Å². The predicted molar refractivity (Wildman–Crippen MR) is 81.3 cm³/mol. The third-order valence-corrected chi connectivity index (χ3v) is 2.63. The average Bonchev–Trinajstić information content (AvgIpc) is 2.32. The summed E-state index contributed by atoms with van der Waals surface area (Å²) < 4.78 is 41.8. The van der Waals surface area contributed by atoms with Crippen molar-refractivity contribution < 1.29 is 31.6 Å². The minimum absolute atomic E-state index is 0.0287. The largest absolute Gasteiger partial charge is 0.444 e. The molecule has 0 heterocycles. The Morgan fingerprint density at radius 2 is 1.82 bits per heavy atom. The number of ether oxygens (including phenoxy) is 3. The number of hydrogen-bond donors (Lipinski definition) is 1. The first-order valence-electron chi connectivity index (χ1n) is 7.00. The van der Waals surface area contributed by atoms with Crippen molar-refractivity contribution in [1.82, 2.24) is 5.32 Å². The molecule has 132 valence electrons. The first-order valence-corrected chi connectivity index (χ1v) is 8.82. The van der Waals surface area contributed by atoms with Crippen LogP contribution in [0.15, 0.2) is 0 Å². The monoisotopic (exact) mass is 341 g/mol. The molecule has 0 aromatic carbocycles. The lowest BCUT2D eigenvalue weighted by Gasteiger charge is -2.19. The lowest BCUT2D eigenvalue weighted by molar-refractivity contribution is -0.00465. The van der Waals surface area contributed by atoms with E-state index in [2.05, 4.69) is 9.50 Å². The Balaban J connectivity index is 3.49. The molecule has 8 nitrogen and oxygen atoms in total. The molecule has 0 aliphatic rings. The van der Waals surface area contributed by atoms with Crippen molar-refractivity contribution in [2.45, 2.75) is 39.4 Å². The van der Waals surface area contributed by atoms with Crippen LogP contribution < -0.4 is 5.32 Å². The van der Waals surface area contributed by atoms with Crippen LogP contribution in [0.25, 0.3) is 0 Å². The summed E-state index contributed by atoms with van der Waals surface area (Å²) in [5, 5.41) is 2.56. The van der Waals surface area contributed by atoms with Crippen LogP contribution in [0.2, 0.25) is 0 Å². The number of nitrogens with one attached hydrogen (secondary N) is 1. The lowest BCUT2D eigenvalue weighted by atomic mass is 10.2. The molecule has 0 rings (SSSR count). The van der Waals surface area contributed by atoms with Crippen molar-refractivity contribution in [3.8, 4) is 0 Å². The Hall–Kier alpha value is -0.900. The number of rotatable bonds is 10. The molecule has 1 atom stereocenters. The smallest absolute Gasteiger partial charge is 0.407 e. The van der Waals surface area contributed by atoms with Crippen molar-refractivity contribution in [1.29, 1.82) is 0 Å². The number of amides is 1. The van der Waals surface area contributed by atoms with Gasteiger partial charge in [-0.15, -0.1) is 0 Å². The van der Waals surface area contributed by atoms with Crippen LogP contribution in [-0.4, -0.2) is 65.4 Å². The molecule has 0 radical (unpaired) electrons. The van der Waals surface area contributed by atoms with Gasteiger partial charge >= 0.3 is 6.09 Å². The van der Waals surface area contributed by atoms with E-state index in [4.69, 9.17) is 14.2 Å². The van der Waals surface area contributed by atoms with E-state index < -0.39 is 21.8 Å². The fourth-order valence-electron chi connectivity index (χ4n) is 1.22. The maximum absolute atomic E-state index is 11.3. The van der Waals surface area contributed by atoms with Crippen LogP contribution in [0.1, 0.15) is 27.7 Å². The zero-order valence-corrected chi connectivity index (χ0v) is 14.7. The molecular formula is C13H27NO7S. The summed E-state index contributed by atoms with van der Waals surface area (Å²) in [7, 11) is -3.45. The van der Waals surface area contributed by atoms with Crippen LogP contribution in [-0.2, 0) is 28.5 Å². The first kappa shape index (κ1) is 21.1. The normalized spacial score (nSPS) is 13.7. The van der Waals surface area contributed by atoms with Gasteiger partial charge in [-0.1, -0.05) is 0 Å². The maximum Gasteiger partial charge on any atom is 0.407 e. The molecule has 0 aliphatic heterocycles. The third-order valence-electron chi connectivity index (χ3n) is 2.06. The molecule has 1 amide bonds. The van der Waals surface area contributed by atoms with Gasteiger partial charge in [0.1, 0.15) is 5.60 Å². The number of hydrogen-bond acceptors (Lipinski definition) is 7. The Kier molecular flexibility index (Phi) is 9.58. The van der Waals surface area contributed by atoms with Gasteiger partial charge in [-0.05, 0) is 27.7 Å². The highest BCUT2D eigenvalue weighted by Crippen LogP contribution is 2.06. The van der Waals surface area contributed by atoms with E-state index in [0.29, 0.717) is 26.4 Å². The maximum atomic E-state index is 11.3. The minimum atomic E-state index is -3.45. The Bertz CT molecular complexity index is 417. The van der Waals surface area contributed by atoms with Crippen molar-refractivity contribution in [2.24, 2.45) is 0 Å². The molecule has 1 unspecified atom stereocenters. The summed E-state index contributed by atoms with van der Waals surface area (Å²) in [6.07, 6.45) is 0.151. The van der Waals surface area contributed by atoms with E-state index in [1.807, 2.05) is 0 Å². The Labute approximate surface area is 132 Å². The fourth-order valence-corrected chi connectivity index (χ4v) is 1.66. The SMILES string of the molecule is CC(COS(C)(=O)=O)OCCOCCNC(=O)OC(C)(C)C. The van der Waals surface area contributed by atoms with E-state index in [9.17, 15) is 13.2 Å². The first-order chi connectivity index (χ1) is 9.99. The zero-order chi connectivity index (χ0) is 17.2. The summed E-state index contributed by atoms with van der Waals surface area (Å²) in [5.41, 5.74) is -0.525. The van der Waals surface area contributed by atoms with Gasteiger partial charge in [0.05, 0.1) is 38.8 Å². The average molecular weight is 341 g/mol. The molecule has 0 saturated heterocycles. The third kappa shape index (κ3) is 15.5. The van der Waals surface area contributed by atoms with Crippen LogP contribution >= 0.6 is 0 Å². The highest BCUT2D eigenvalue weighted by Gasteiger charge is 2.15. The number of carbonyl (C=O) groups excluding carboxylic acids is 1. The topological polar surface area (TPSA) is 100 Å². The van der Waals surface area contributed by atoms with Crippen molar-refractivity contribution in [3.63, 3.8) is 0 Å². The molecule has 1 N–H and O–H groups in total. The van der Waals surface area contributed by atoms with Gasteiger partial charge in [0.15, 0.2) is 0 Å². The molecule has 0 bridgehead atoms. The van der Waals surface area contributed by atoms with Gasteiger partial charge in [0, 0.05) is 6.54 Å². The van der Waals surface area contributed by atoms with E-state index in [1.165, 1.54) is 0 Å². The quantitative estimate of drug-likeness (QED) is 0.465. The van der Waals surface area contributed by atoms with Gasteiger partial charge in [0.25, 0.3) is 10.1 Å². The summed E-state index contributed by atoms with van der Waals surface area (Å²) in [5.74, 6) is 0. The summed E-state index contributed by atoms with van der Waals surface area (Å²) in [6.45, 7) is 8.34. The highest BCUT2D eigenvalue weighted by molar-refractivity contribution is 7.85. The lowest BCUT2D eigenvalue weighted by Crippen LogP contribution is -2.34. The molecule has 22 heavy (non-hydrogen) atoms. The molecule has 0 saturated carbocycles. The minimum Gasteiger partial charge on any atom is -0.444 e. The number of alkyl carbamates (subject to hydrolysis) is 1. The van der Waals surface area contributed by atoms with Gasteiger partial charge in [-0.25, -0.2) is 4.79 Å². The van der Waals surface area contributed by atoms with Crippen LogP contribution in [0, 0.1) is 0 Å². The highest BCUT2D eigenvalue weighted by atomic mass is 32.2. The summed E-state index contributed by atoms with van der Waals surface area (Å²) in [4.78, 5) is 11.3. The Morgan fingerprint density at radius 3 is 2.36 bits per heavy atom. The fraction of sp³-hybridized carbons (Fsp3) is 0.923. The molecule has 0 aromatic rings. The van der Waals surface area contributed by atoms with Crippen LogP contribution in [0.4, 0.5) is 4.79 Å². The standard InChI is InChI=1S/C13H27NO7S/c1-11(10-20-22(5,16)17)19-9-8-18-7-6-14-12(15)21-13(2,3)4/h11H,6-10H2,1-5H3,(H,14,15). The van der Waals surface area contributed by atoms with E-state index in [0.717, 1.165) is 6.26 Å². The predicted octanol–water partition coefficient (Wildman–Crippen LogP) is 0.909. The van der Waals surface area contributed by atoms with E-state index in [-0.39, 0.29) is 12.7 Å². The molecule has 0 spiro atoms. The second-order valence-electron chi connectivity index (χ2n) is 5.71. The molecule has 9 heteroatoms. The molecule has 0 aliphatic carbocycles. The van der Waals surface area contributed by atoms with Crippen LogP contribution in [0.3, 0.4) is 0 Å². The van der Waals surface area contributed by atoms with Gasteiger partial charge < -0.3 is 19.5 Å². The second kappa shape index (κ2) is 9.98.